The molecule has 51 heavy (non-hydrogen) atoms. The molecule has 0 saturated heterocycles. The van der Waals surface area contributed by atoms with E-state index < -0.39 is 46.3 Å². The first-order chi connectivity index (χ1) is 24.4. The third-order valence-corrected chi connectivity index (χ3v) is 11.5. The molecule has 1 fully saturated rings. The standard InChI is InChI=1S/C35H48N6O8S2/c1-24(42)33(39-35(45)40(2)20-28-23-50-32(37-28)22-49-3)34(44)38-30(17-25-9-5-4-6-10-25)31(43)21-41(19-27-11-7-8-12-27)51(47,48)29-15-13-26(14-16-29)18-36-46/h4-6,9-10,13-16,18,23-24,27,30-31,33,42-43,46H,7-8,11-12,17,19-22H2,1-3H3,(H,38,44)(H,39,45)/b36-18+/t24-,30-,31+,33-/m0/s1. The summed E-state index contributed by atoms with van der Waals surface area (Å²) in [5.74, 6) is -0.633. The Labute approximate surface area is 303 Å². The number of aliphatic hydroxyl groups excluding tert-OH is 2. The van der Waals surface area contributed by atoms with E-state index in [1.54, 1.807) is 7.11 Å². The fourth-order valence-electron chi connectivity index (χ4n) is 6.03. The van der Waals surface area contributed by atoms with E-state index in [4.69, 9.17) is 9.94 Å². The molecule has 1 aromatic heterocycles. The van der Waals surface area contributed by atoms with Gasteiger partial charge in [0.25, 0.3) is 0 Å². The van der Waals surface area contributed by atoms with Crippen LogP contribution in [0, 0.1) is 5.92 Å². The van der Waals surface area contributed by atoms with E-state index in [0.717, 1.165) is 36.3 Å². The summed E-state index contributed by atoms with van der Waals surface area (Å²) < 4.78 is 34.4. The number of ether oxygens (including phenoxy) is 1. The molecule has 0 radical (unpaired) electrons. The van der Waals surface area contributed by atoms with Crippen molar-refractivity contribution in [3.05, 3.63) is 81.8 Å². The molecule has 278 valence electrons. The molecule has 0 spiro atoms. The van der Waals surface area contributed by atoms with Gasteiger partial charge in [-0.05, 0) is 55.4 Å². The number of oxime groups is 1. The zero-order valence-corrected chi connectivity index (χ0v) is 30.7. The van der Waals surface area contributed by atoms with Gasteiger partial charge in [-0.1, -0.05) is 60.5 Å². The number of amides is 3. The predicted molar refractivity (Wildman–Crippen MR) is 193 cm³/mol. The molecule has 1 aliphatic rings. The van der Waals surface area contributed by atoms with Crippen LogP contribution in [0.5, 0.6) is 0 Å². The smallest absolute Gasteiger partial charge is 0.318 e. The maximum atomic E-state index is 14.0. The first-order valence-electron chi connectivity index (χ1n) is 16.8. The lowest BCUT2D eigenvalue weighted by atomic mass is 9.99. The number of aromatic nitrogens is 1. The van der Waals surface area contributed by atoms with Crippen LogP contribution in [0.3, 0.4) is 0 Å². The number of rotatable bonds is 18. The Morgan fingerprint density at radius 2 is 1.78 bits per heavy atom. The van der Waals surface area contributed by atoms with Gasteiger partial charge in [0, 0.05) is 32.6 Å². The van der Waals surface area contributed by atoms with E-state index in [0.29, 0.717) is 17.9 Å². The maximum Gasteiger partial charge on any atom is 0.318 e. The Bertz CT molecular complexity index is 1680. The van der Waals surface area contributed by atoms with Crippen molar-refractivity contribution in [3.8, 4) is 0 Å². The highest BCUT2D eigenvalue weighted by Gasteiger charge is 2.35. The van der Waals surface area contributed by atoms with Crippen LogP contribution < -0.4 is 10.6 Å². The average molecular weight is 745 g/mol. The molecule has 1 heterocycles. The summed E-state index contributed by atoms with van der Waals surface area (Å²) in [5.41, 5.74) is 1.93. The third kappa shape index (κ3) is 11.5. The van der Waals surface area contributed by atoms with Crippen LogP contribution in [0.25, 0.3) is 0 Å². The zero-order chi connectivity index (χ0) is 37.0. The van der Waals surface area contributed by atoms with E-state index in [1.165, 1.54) is 65.0 Å². The summed E-state index contributed by atoms with van der Waals surface area (Å²) in [6, 6.07) is 12.0. The number of carbonyl (C=O) groups is 2. The SMILES string of the molecule is COCc1nc(CN(C)C(=O)N[C@H](C(=O)N[C@@H](Cc2ccccc2)[C@H](O)CN(CC2CCCC2)S(=O)(=O)c2ccc(/C=N/O)cc2)[C@H](C)O)cs1. The molecule has 4 rings (SSSR count). The van der Waals surface area contributed by atoms with Gasteiger partial charge in [-0.25, -0.2) is 18.2 Å². The fraction of sp³-hybridized carbons (Fsp3) is 0.486. The van der Waals surface area contributed by atoms with E-state index in [-0.39, 0.29) is 36.9 Å². The minimum absolute atomic E-state index is 0.0139. The molecule has 3 amide bonds. The summed E-state index contributed by atoms with van der Waals surface area (Å²) >= 11 is 1.40. The van der Waals surface area contributed by atoms with Gasteiger partial charge in [-0.3, -0.25) is 4.79 Å². The lowest BCUT2D eigenvalue weighted by Gasteiger charge is -2.32. The number of urea groups is 1. The van der Waals surface area contributed by atoms with E-state index in [2.05, 4.69) is 20.8 Å². The van der Waals surface area contributed by atoms with Crippen LogP contribution in [-0.4, -0.2) is 108 Å². The summed E-state index contributed by atoms with van der Waals surface area (Å²) in [6.45, 7) is 1.75. The van der Waals surface area contributed by atoms with Crippen molar-refractivity contribution in [1.82, 2.24) is 24.8 Å². The van der Waals surface area contributed by atoms with Crippen LogP contribution in [0.4, 0.5) is 4.79 Å². The predicted octanol–water partition coefficient (Wildman–Crippen LogP) is 2.96. The third-order valence-electron chi connectivity index (χ3n) is 8.80. The Balaban J connectivity index is 1.54. The van der Waals surface area contributed by atoms with Crippen molar-refractivity contribution in [1.29, 1.82) is 0 Å². The number of sulfonamides is 1. The topological polar surface area (TPSA) is 194 Å². The van der Waals surface area contributed by atoms with Crippen molar-refractivity contribution in [2.45, 2.75) is 81.4 Å². The quantitative estimate of drug-likeness (QED) is 0.0740. The van der Waals surface area contributed by atoms with Crippen LogP contribution in [0.2, 0.25) is 0 Å². The van der Waals surface area contributed by atoms with E-state index in [1.807, 2.05) is 35.7 Å². The van der Waals surface area contributed by atoms with Crippen LogP contribution in [0.1, 0.15) is 54.4 Å². The average Bonchev–Trinajstić information content (AvgIpc) is 3.79. The molecule has 4 atom stereocenters. The summed E-state index contributed by atoms with van der Waals surface area (Å²) in [6.07, 6.45) is 2.36. The Morgan fingerprint density at radius 3 is 2.41 bits per heavy atom. The Kier molecular flexibility index (Phi) is 14.9. The molecular formula is C35H48N6O8S2. The number of benzene rings is 2. The zero-order valence-electron chi connectivity index (χ0n) is 29.1. The van der Waals surface area contributed by atoms with Gasteiger partial charge in [0.2, 0.25) is 15.9 Å². The number of thiazole rings is 1. The first-order valence-corrected chi connectivity index (χ1v) is 19.1. The molecule has 5 N–H and O–H groups in total. The number of methoxy groups -OCH3 is 1. The number of aliphatic hydroxyl groups is 2. The second-order valence-electron chi connectivity index (χ2n) is 12.8. The second kappa shape index (κ2) is 19.1. The van der Waals surface area contributed by atoms with Gasteiger partial charge in [-0.15, -0.1) is 11.3 Å². The number of hydrogen-bond acceptors (Lipinski definition) is 11. The highest BCUT2D eigenvalue weighted by atomic mass is 32.2. The van der Waals surface area contributed by atoms with Gasteiger partial charge in [0.15, 0.2) is 0 Å². The number of carbonyl (C=O) groups excluding carboxylic acids is 2. The molecule has 1 aliphatic carbocycles. The largest absolute Gasteiger partial charge is 0.411 e. The lowest BCUT2D eigenvalue weighted by Crippen LogP contribution is -2.59. The minimum atomic E-state index is -4.09. The van der Waals surface area contributed by atoms with Crippen LogP contribution in [0.15, 0.2) is 70.0 Å². The van der Waals surface area contributed by atoms with Gasteiger partial charge < -0.3 is 35.7 Å². The van der Waals surface area contributed by atoms with Gasteiger partial charge in [0.05, 0.1) is 48.2 Å². The van der Waals surface area contributed by atoms with Crippen molar-refractivity contribution >= 4 is 39.5 Å². The van der Waals surface area contributed by atoms with E-state index >= 15 is 0 Å². The lowest BCUT2D eigenvalue weighted by molar-refractivity contribution is -0.127. The number of nitrogens with one attached hydrogen (secondary N) is 2. The van der Waals surface area contributed by atoms with Crippen molar-refractivity contribution in [2.75, 3.05) is 27.2 Å². The highest BCUT2D eigenvalue weighted by Crippen LogP contribution is 2.28. The molecule has 0 aliphatic heterocycles. The van der Waals surface area contributed by atoms with Gasteiger partial charge in [-0.2, -0.15) is 4.31 Å². The van der Waals surface area contributed by atoms with Crippen LogP contribution >= 0.6 is 11.3 Å². The molecule has 14 nitrogen and oxygen atoms in total. The highest BCUT2D eigenvalue weighted by molar-refractivity contribution is 7.89. The maximum absolute atomic E-state index is 14.0. The normalized spacial score (nSPS) is 16.2. The van der Waals surface area contributed by atoms with Crippen molar-refractivity contribution < 1.29 is 38.2 Å². The monoisotopic (exact) mass is 744 g/mol. The first kappa shape index (κ1) is 39.8. The van der Waals surface area contributed by atoms with Gasteiger partial charge in [0.1, 0.15) is 11.0 Å². The summed E-state index contributed by atoms with van der Waals surface area (Å²) in [7, 11) is -0.988. The molecule has 3 aromatic rings. The van der Waals surface area contributed by atoms with Crippen molar-refractivity contribution in [3.63, 3.8) is 0 Å². The molecular weight excluding hydrogens is 697 g/mol. The Hall–Kier alpha value is -3.93. The second-order valence-corrected chi connectivity index (χ2v) is 15.7. The molecule has 1 saturated carbocycles. The molecule has 16 heteroatoms. The Morgan fingerprint density at radius 1 is 1.10 bits per heavy atom. The summed E-state index contributed by atoms with van der Waals surface area (Å²) in [4.78, 5) is 32.7. The van der Waals surface area contributed by atoms with Crippen molar-refractivity contribution in [2.24, 2.45) is 11.1 Å². The minimum Gasteiger partial charge on any atom is -0.411 e. The fourth-order valence-corrected chi connectivity index (χ4v) is 8.32. The molecule has 0 bridgehead atoms. The van der Waals surface area contributed by atoms with E-state index in [9.17, 15) is 28.2 Å². The molecule has 0 unspecified atom stereocenters. The summed E-state index contributed by atoms with van der Waals surface area (Å²) in [5, 5.41) is 42.2. The number of nitrogens with zero attached hydrogens (tertiary/aromatic N) is 4. The van der Waals surface area contributed by atoms with Gasteiger partial charge >= 0.3 is 6.03 Å². The van der Waals surface area contributed by atoms with Crippen LogP contribution in [-0.2, 0) is 39.1 Å². The molecule has 2 aromatic carbocycles. The number of hydrogen-bond donors (Lipinski definition) is 5.